The van der Waals surface area contributed by atoms with Gasteiger partial charge in [0.15, 0.2) is 34.9 Å². The molecule has 11 heteroatoms. The summed E-state index contributed by atoms with van der Waals surface area (Å²) in [5.41, 5.74) is 0.197. The van der Waals surface area contributed by atoms with Gasteiger partial charge in [0.1, 0.15) is 23.4 Å². The van der Waals surface area contributed by atoms with Crippen LogP contribution in [0.4, 0.5) is 0 Å². The molecule has 0 aromatic heterocycles. The Hall–Kier alpha value is -4.67. The van der Waals surface area contributed by atoms with Crippen molar-refractivity contribution in [3.8, 4) is 51.7 Å². The van der Waals surface area contributed by atoms with Crippen molar-refractivity contribution in [1.29, 1.82) is 0 Å². The Bertz CT molecular complexity index is 1310. The molecular formula is C25H24O11. The first-order valence-electron chi connectivity index (χ1n) is 10.8. The molecule has 3 aromatic rings. The monoisotopic (exact) mass is 500 g/mol. The van der Waals surface area contributed by atoms with Crippen molar-refractivity contribution >= 4 is 5.97 Å². The van der Waals surface area contributed by atoms with E-state index in [1.165, 1.54) is 18.2 Å². The number of benzene rings is 3. The van der Waals surface area contributed by atoms with Gasteiger partial charge in [-0.25, -0.2) is 4.79 Å². The summed E-state index contributed by atoms with van der Waals surface area (Å²) in [5, 5.41) is 69.8. The molecule has 190 valence electrons. The SMILES string of the molecule is CC(C)Oc1cc([C@H]2Oc3cc(O)cc(O)c3C[C@@H]2OC(=O)c2cc(O)c(O)c(O)c2)cc(O)c1O. The van der Waals surface area contributed by atoms with Gasteiger partial charge in [0, 0.05) is 29.7 Å². The van der Waals surface area contributed by atoms with Crippen LogP contribution in [0.25, 0.3) is 0 Å². The number of ether oxygens (including phenoxy) is 3. The van der Waals surface area contributed by atoms with E-state index in [1.54, 1.807) is 13.8 Å². The number of esters is 1. The van der Waals surface area contributed by atoms with E-state index in [-0.39, 0.29) is 52.2 Å². The molecule has 2 atom stereocenters. The Morgan fingerprint density at radius 1 is 0.861 bits per heavy atom. The number of aromatic hydroxyl groups is 7. The molecule has 3 aromatic carbocycles. The summed E-state index contributed by atoms with van der Waals surface area (Å²) in [5.74, 6) is -4.82. The van der Waals surface area contributed by atoms with E-state index in [0.29, 0.717) is 0 Å². The molecule has 0 radical (unpaired) electrons. The first-order valence-corrected chi connectivity index (χ1v) is 10.8. The Morgan fingerprint density at radius 2 is 1.50 bits per heavy atom. The average molecular weight is 500 g/mol. The number of carbonyl (C=O) groups excluding carboxylic acids is 1. The van der Waals surface area contributed by atoms with Crippen LogP contribution >= 0.6 is 0 Å². The summed E-state index contributed by atoms with van der Waals surface area (Å²) in [6, 6.07) is 6.76. The molecule has 7 N–H and O–H groups in total. The minimum absolute atomic E-state index is 0.0494. The second kappa shape index (κ2) is 9.17. The summed E-state index contributed by atoms with van der Waals surface area (Å²) in [6.45, 7) is 3.43. The van der Waals surface area contributed by atoms with E-state index >= 15 is 0 Å². The third-order valence-corrected chi connectivity index (χ3v) is 5.50. The highest BCUT2D eigenvalue weighted by molar-refractivity contribution is 5.91. The molecule has 36 heavy (non-hydrogen) atoms. The minimum Gasteiger partial charge on any atom is -0.508 e. The summed E-state index contributed by atoms with van der Waals surface area (Å²) in [4.78, 5) is 12.9. The smallest absolute Gasteiger partial charge is 0.338 e. The van der Waals surface area contributed by atoms with Crippen molar-refractivity contribution in [2.24, 2.45) is 0 Å². The second-order valence-electron chi connectivity index (χ2n) is 8.54. The molecule has 0 saturated carbocycles. The van der Waals surface area contributed by atoms with Crippen molar-refractivity contribution < 1.29 is 54.8 Å². The van der Waals surface area contributed by atoms with Gasteiger partial charge < -0.3 is 50.0 Å². The zero-order valence-corrected chi connectivity index (χ0v) is 19.2. The largest absolute Gasteiger partial charge is 0.508 e. The molecule has 1 heterocycles. The van der Waals surface area contributed by atoms with Gasteiger partial charge >= 0.3 is 5.97 Å². The third kappa shape index (κ3) is 4.63. The molecule has 0 fully saturated rings. The van der Waals surface area contributed by atoms with Gasteiger partial charge in [0.25, 0.3) is 0 Å². The first-order chi connectivity index (χ1) is 16.9. The van der Waals surface area contributed by atoms with Gasteiger partial charge in [-0.1, -0.05) is 0 Å². The van der Waals surface area contributed by atoms with Gasteiger partial charge in [-0.3, -0.25) is 0 Å². The summed E-state index contributed by atoms with van der Waals surface area (Å²) in [7, 11) is 0. The maximum Gasteiger partial charge on any atom is 0.338 e. The van der Waals surface area contributed by atoms with Crippen LogP contribution in [0.1, 0.15) is 41.4 Å². The van der Waals surface area contributed by atoms with Crippen LogP contribution < -0.4 is 9.47 Å². The Kier molecular flexibility index (Phi) is 6.23. The Labute approximate surface area is 204 Å². The van der Waals surface area contributed by atoms with Crippen molar-refractivity contribution in [3.63, 3.8) is 0 Å². The lowest BCUT2D eigenvalue weighted by Crippen LogP contribution is -2.34. The number of phenolic OH excluding ortho intramolecular Hbond substituents is 7. The quantitative estimate of drug-likeness (QED) is 0.201. The molecule has 0 unspecified atom stereocenters. The summed E-state index contributed by atoms with van der Waals surface area (Å²) in [6.07, 6.45) is -2.68. The number of carbonyl (C=O) groups is 1. The molecule has 4 rings (SSSR count). The average Bonchev–Trinajstić information content (AvgIpc) is 2.79. The van der Waals surface area contributed by atoms with E-state index < -0.39 is 46.9 Å². The lowest BCUT2D eigenvalue weighted by molar-refractivity contribution is -0.0189. The zero-order valence-electron chi connectivity index (χ0n) is 19.2. The standard InChI is InChI=1S/C25H24O11/c1-10(2)34-20-6-11(3-18(30)23(20)32)24-21(9-14-15(27)7-13(26)8-19(14)35-24)36-25(33)12-4-16(28)22(31)17(29)5-12/h3-8,10,21,24,26-32H,9H2,1-2H3/t21-,24+/m0/s1. The highest BCUT2D eigenvalue weighted by Crippen LogP contribution is 2.46. The normalized spacial score (nSPS) is 16.8. The number of hydrogen-bond donors (Lipinski definition) is 7. The Morgan fingerprint density at radius 3 is 2.14 bits per heavy atom. The van der Waals surface area contributed by atoms with Crippen LogP contribution in [0.5, 0.6) is 51.7 Å². The highest BCUT2D eigenvalue weighted by Gasteiger charge is 2.37. The van der Waals surface area contributed by atoms with Gasteiger partial charge in [0.05, 0.1) is 11.7 Å². The van der Waals surface area contributed by atoms with Crippen LogP contribution in [-0.4, -0.2) is 53.9 Å². The van der Waals surface area contributed by atoms with Gasteiger partial charge in [-0.15, -0.1) is 0 Å². The van der Waals surface area contributed by atoms with Crippen LogP contribution in [0.3, 0.4) is 0 Å². The van der Waals surface area contributed by atoms with Crippen LogP contribution in [0, 0.1) is 0 Å². The summed E-state index contributed by atoms with van der Waals surface area (Å²) < 4.78 is 17.1. The molecule has 0 amide bonds. The fourth-order valence-electron chi connectivity index (χ4n) is 3.88. The molecule has 0 saturated heterocycles. The van der Waals surface area contributed by atoms with Crippen molar-refractivity contribution in [1.82, 2.24) is 0 Å². The molecule has 0 spiro atoms. The second-order valence-corrected chi connectivity index (χ2v) is 8.54. The van der Waals surface area contributed by atoms with E-state index in [1.807, 2.05) is 0 Å². The maximum atomic E-state index is 12.9. The van der Waals surface area contributed by atoms with Gasteiger partial charge in [-0.2, -0.15) is 0 Å². The molecule has 1 aliphatic rings. The van der Waals surface area contributed by atoms with Gasteiger partial charge in [0.2, 0.25) is 5.75 Å². The molecule has 0 bridgehead atoms. The van der Waals surface area contributed by atoms with Crippen molar-refractivity contribution in [2.45, 2.75) is 38.6 Å². The number of hydrogen-bond acceptors (Lipinski definition) is 11. The molecular weight excluding hydrogens is 476 g/mol. The molecule has 11 nitrogen and oxygen atoms in total. The summed E-state index contributed by atoms with van der Waals surface area (Å²) >= 11 is 0. The van der Waals surface area contributed by atoms with E-state index in [9.17, 15) is 40.5 Å². The van der Waals surface area contributed by atoms with E-state index in [0.717, 1.165) is 18.2 Å². The zero-order chi connectivity index (χ0) is 26.3. The molecule has 1 aliphatic heterocycles. The minimum atomic E-state index is -1.13. The maximum absolute atomic E-state index is 12.9. The lowest BCUT2D eigenvalue weighted by atomic mass is 9.93. The highest BCUT2D eigenvalue weighted by atomic mass is 16.6. The van der Waals surface area contributed by atoms with E-state index in [4.69, 9.17) is 14.2 Å². The number of phenols is 7. The molecule has 0 aliphatic carbocycles. The van der Waals surface area contributed by atoms with Crippen LogP contribution in [0.15, 0.2) is 36.4 Å². The number of rotatable bonds is 5. The predicted molar refractivity (Wildman–Crippen MR) is 123 cm³/mol. The topological polar surface area (TPSA) is 186 Å². The third-order valence-electron chi connectivity index (χ3n) is 5.50. The predicted octanol–water partition coefficient (Wildman–Crippen LogP) is 3.31. The van der Waals surface area contributed by atoms with Crippen molar-refractivity contribution in [3.05, 3.63) is 53.1 Å². The van der Waals surface area contributed by atoms with Gasteiger partial charge in [-0.05, 0) is 38.1 Å². The van der Waals surface area contributed by atoms with Crippen LogP contribution in [-0.2, 0) is 11.2 Å². The van der Waals surface area contributed by atoms with Crippen LogP contribution in [0.2, 0.25) is 0 Å². The first kappa shape index (κ1) is 24.5. The fourth-order valence-corrected chi connectivity index (χ4v) is 3.88. The fraction of sp³-hybridized carbons (Fsp3) is 0.240. The lowest BCUT2D eigenvalue weighted by Gasteiger charge is -2.34. The van der Waals surface area contributed by atoms with E-state index in [2.05, 4.69) is 0 Å². The van der Waals surface area contributed by atoms with Crippen molar-refractivity contribution in [2.75, 3.05) is 0 Å². The number of fused-ring (bicyclic) bond motifs is 1. The Balaban J connectivity index is 1.76.